The Kier molecular flexibility index (Phi) is 4.04. The van der Waals surface area contributed by atoms with E-state index in [0.717, 1.165) is 36.3 Å². The number of hydrogen-bond acceptors (Lipinski definition) is 3. The van der Waals surface area contributed by atoms with Gasteiger partial charge in [0, 0.05) is 24.5 Å². The van der Waals surface area contributed by atoms with Gasteiger partial charge in [0.1, 0.15) is 0 Å². The molecule has 1 heterocycles. The van der Waals surface area contributed by atoms with Gasteiger partial charge < -0.3 is 10.0 Å². The van der Waals surface area contributed by atoms with Crippen molar-refractivity contribution >= 4 is 17.5 Å². The Hall–Kier alpha value is -1.57. The largest absolute Gasteiger partial charge is 0.393 e. The molecular formula is C22H25ClN2O2. The lowest BCUT2D eigenvalue weighted by atomic mass is 9.58. The second-order valence-electron chi connectivity index (χ2n) is 9.27. The number of benzene rings is 1. The summed E-state index contributed by atoms with van der Waals surface area (Å²) < 4.78 is 0. The van der Waals surface area contributed by atoms with Crippen LogP contribution in [0.5, 0.6) is 0 Å². The number of likely N-dealkylation sites (tertiary alicyclic amines) is 1. The maximum Gasteiger partial charge on any atom is 0.223 e. The fourth-order valence-corrected chi connectivity index (χ4v) is 7.04. The summed E-state index contributed by atoms with van der Waals surface area (Å²) in [7, 11) is 0. The van der Waals surface area contributed by atoms with Crippen LogP contribution >= 0.6 is 11.6 Å². The number of aliphatic hydroxyl groups is 1. The lowest BCUT2D eigenvalue weighted by molar-refractivity contribution is -0.144. The van der Waals surface area contributed by atoms with Crippen LogP contribution in [0.1, 0.15) is 31.2 Å². The normalized spacial score (nSPS) is 39.4. The van der Waals surface area contributed by atoms with Gasteiger partial charge in [0.2, 0.25) is 5.91 Å². The molecule has 6 rings (SSSR count). The van der Waals surface area contributed by atoms with E-state index in [0.29, 0.717) is 37.3 Å². The molecule has 0 spiro atoms. The van der Waals surface area contributed by atoms with Crippen LogP contribution in [0.25, 0.3) is 0 Å². The van der Waals surface area contributed by atoms with Gasteiger partial charge in [-0.1, -0.05) is 23.7 Å². The number of carbonyl (C=O) groups excluding carboxylic acids is 1. The summed E-state index contributed by atoms with van der Waals surface area (Å²) in [5, 5.41) is 20.7. The summed E-state index contributed by atoms with van der Waals surface area (Å²) >= 11 is 6.23. The first-order valence-electron chi connectivity index (χ1n) is 10.1. The molecule has 1 aromatic carbocycles. The SMILES string of the molecule is N#CC1CN(C(=O)CC2(Cc3cccc(Cl)c3)C3CC4CC3CC2C4O)C1. The minimum absolute atomic E-state index is 0.0145. The standard InChI is InChI=1S/C22H25ClN2O2/c23-17-3-1-2-13(4-17)8-22(9-20(26)25-11-14(10-24)12-25)18-7-16-5-15(18)6-19(22)21(16)27/h1-4,14-16,18-19,21,27H,5-9,11-12H2. The van der Waals surface area contributed by atoms with Crippen LogP contribution in [-0.2, 0) is 11.2 Å². The van der Waals surface area contributed by atoms with Gasteiger partial charge in [0.25, 0.3) is 0 Å². The van der Waals surface area contributed by atoms with E-state index < -0.39 is 0 Å². The molecule has 4 aliphatic carbocycles. The molecule has 6 atom stereocenters. The predicted molar refractivity (Wildman–Crippen MR) is 102 cm³/mol. The highest BCUT2D eigenvalue weighted by molar-refractivity contribution is 6.30. The van der Waals surface area contributed by atoms with Gasteiger partial charge in [-0.15, -0.1) is 0 Å². The zero-order valence-corrected chi connectivity index (χ0v) is 16.1. The van der Waals surface area contributed by atoms with Crippen LogP contribution in [0.2, 0.25) is 5.02 Å². The number of hydrogen-bond donors (Lipinski definition) is 1. The molecule has 27 heavy (non-hydrogen) atoms. The fraction of sp³-hybridized carbons (Fsp3) is 0.636. The molecule has 1 saturated heterocycles. The summed E-state index contributed by atoms with van der Waals surface area (Å²) in [5.41, 5.74) is 0.994. The maximum absolute atomic E-state index is 13.1. The van der Waals surface area contributed by atoms with Crippen LogP contribution in [0.15, 0.2) is 24.3 Å². The lowest BCUT2D eigenvalue weighted by Gasteiger charge is -2.48. The third-order valence-corrected chi connectivity index (χ3v) is 8.21. The van der Waals surface area contributed by atoms with E-state index in [9.17, 15) is 9.90 Å². The molecule has 5 fully saturated rings. The van der Waals surface area contributed by atoms with E-state index in [1.54, 1.807) is 0 Å². The van der Waals surface area contributed by atoms with E-state index >= 15 is 0 Å². The number of nitrogens with zero attached hydrogens (tertiary/aromatic N) is 2. The van der Waals surface area contributed by atoms with Gasteiger partial charge in [-0.3, -0.25) is 4.79 Å². The van der Waals surface area contributed by atoms with Crippen molar-refractivity contribution in [1.82, 2.24) is 4.90 Å². The summed E-state index contributed by atoms with van der Waals surface area (Å²) in [4.78, 5) is 14.9. The highest BCUT2D eigenvalue weighted by Crippen LogP contribution is 2.68. The molecule has 4 nitrogen and oxygen atoms in total. The highest BCUT2D eigenvalue weighted by atomic mass is 35.5. The predicted octanol–water partition coefficient (Wildman–Crippen LogP) is 3.28. The van der Waals surface area contributed by atoms with E-state index in [1.165, 1.54) is 0 Å². The minimum Gasteiger partial charge on any atom is -0.393 e. The maximum atomic E-state index is 13.1. The molecule has 0 aromatic heterocycles. The van der Waals surface area contributed by atoms with Gasteiger partial charge in [-0.25, -0.2) is 0 Å². The van der Waals surface area contributed by atoms with E-state index in [-0.39, 0.29) is 29.3 Å². The first-order valence-corrected chi connectivity index (χ1v) is 10.5. The van der Waals surface area contributed by atoms with Crippen molar-refractivity contribution in [1.29, 1.82) is 5.26 Å². The lowest BCUT2D eigenvalue weighted by Crippen LogP contribution is -2.54. The number of carbonyl (C=O) groups is 1. The molecule has 4 bridgehead atoms. The van der Waals surface area contributed by atoms with E-state index in [4.69, 9.17) is 16.9 Å². The van der Waals surface area contributed by atoms with Gasteiger partial charge >= 0.3 is 0 Å². The van der Waals surface area contributed by atoms with Gasteiger partial charge in [-0.05, 0) is 72.5 Å². The molecule has 142 valence electrons. The Balaban J connectivity index is 1.45. The zero-order chi connectivity index (χ0) is 18.8. The second kappa shape index (κ2) is 6.22. The van der Waals surface area contributed by atoms with Crippen molar-refractivity contribution in [2.24, 2.45) is 35.0 Å². The number of nitriles is 1. The molecule has 1 N–H and O–H groups in total. The van der Waals surface area contributed by atoms with Crippen molar-refractivity contribution in [3.8, 4) is 6.07 Å². The van der Waals surface area contributed by atoms with Crippen LogP contribution in [0, 0.1) is 46.3 Å². The Morgan fingerprint density at radius 3 is 2.78 bits per heavy atom. The highest BCUT2D eigenvalue weighted by Gasteiger charge is 2.66. The first kappa shape index (κ1) is 17.5. The summed E-state index contributed by atoms with van der Waals surface area (Å²) in [5.74, 6) is 1.95. The van der Waals surface area contributed by atoms with Crippen molar-refractivity contribution in [3.05, 3.63) is 34.9 Å². The van der Waals surface area contributed by atoms with Crippen molar-refractivity contribution < 1.29 is 9.90 Å². The average molecular weight is 385 g/mol. The Bertz CT molecular complexity index is 815. The average Bonchev–Trinajstić information content (AvgIpc) is 3.05. The zero-order valence-electron chi connectivity index (χ0n) is 15.4. The topological polar surface area (TPSA) is 64.3 Å². The Labute approximate surface area is 165 Å². The molecule has 1 aromatic rings. The third kappa shape index (κ3) is 2.62. The van der Waals surface area contributed by atoms with E-state index in [1.807, 2.05) is 23.1 Å². The van der Waals surface area contributed by atoms with E-state index in [2.05, 4.69) is 12.1 Å². The van der Waals surface area contributed by atoms with Gasteiger partial charge in [0.05, 0.1) is 18.1 Å². The van der Waals surface area contributed by atoms with Crippen molar-refractivity contribution in [2.45, 2.75) is 38.2 Å². The molecule has 6 unspecified atom stereocenters. The van der Waals surface area contributed by atoms with Crippen LogP contribution in [-0.4, -0.2) is 35.1 Å². The summed E-state index contributed by atoms with van der Waals surface area (Å²) in [6.07, 6.45) is 4.25. The Morgan fingerprint density at radius 2 is 2.04 bits per heavy atom. The molecule has 4 saturated carbocycles. The molecule has 5 aliphatic rings. The molecule has 1 aliphatic heterocycles. The van der Waals surface area contributed by atoms with Crippen molar-refractivity contribution in [2.75, 3.05) is 13.1 Å². The number of amides is 1. The monoisotopic (exact) mass is 384 g/mol. The van der Waals surface area contributed by atoms with Crippen LogP contribution < -0.4 is 0 Å². The molecule has 5 heteroatoms. The number of rotatable bonds is 4. The number of halogens is 1. The molecule has 0 radical (unpaired) electrons. The summed E-state index contributed by atoms with van der Waals surface area (Å²) in [6.45, 7) is 1.12. The first-order chi connectivity index (χ1) is 13.0. The quantitative estimate of drug-likeness (QED) is 0.866. The van der Waals surface area contributed by atoms with Crippen molar-refractivity contribution in [3.63, 3.8) is 0 Å². The fourth-order valence-electron chi connectivity index (χ4n) is 6.83. The smallest absolute Gasteiger partial charge is 0.223 e. The van der Waals surface area contributed by atoms with Crippen LogP contribution in [0.4, 0.5) is 0 Å². The third-order valence-electron chi connectivity index (χ3n) is 7.98. The van der Waals surface area contributed by atoms with Gasteiger partial charge in [-0.2, -0.15) is 5.26 Å². The van der Waals surface area contributed by atoms with Crippen LogP contribution in [0.3, 0.4) is 0 Å². The summed E-state index contributed by atoms with van der Waals surface area (Å²) in [6, 6.07) is 10.2. The Morgan fingerprint density at radius 1 is 1.26 bits per heavy atom. The van der Waals surface area contributed by atoms with Gasteiger partial charge in [0.15, 0.2) is 0 Å². The number of aliphatic hydroxyl groups excluding tert-OH is 1. The minimum atomic E-state index is -0.282. The second-order valence-corrected chi connectivity index (χ2v) is 9.71. The molecule has 1 amide bonds. The molecular weight excluding hydrogens is 360 g/mol.